The van der Waals surface area contributed by atoms with E-state index in [1.165, 1.54) is 6.33 Å². The van der Waals surface area contributed by atoms with Crippen LogP contribution in [-0.2, 0) is 4.79 Å². The molecule has 3 rings (SSSR count). The minimum absolute atomic E-state index is 0.189. The van der Waals surface area contributed by atoms with Crippen LogP contribution in [0.1, 0.15) is 0 Å². The molecule has 7 heteroatoms. The van der Waals surface area contributed by atoms with Crippen LogP contribution in [0, 0.1) is 0 Å². The predicted octanol–water partition coefficient (Wildman–Crippen LogP) is 3.95. The van der Waals surface area contributed by atoms with Crippen LogP contribution in [0.5, 0.6) is 5.88 Å². The highest BCUT2D eigenvalue weighted by molar-refractivity contribution is 6.38. The molecule has 0 unspecified atom stereocenters. The smallest absolute Gasteiger partial charge is 0.262 e. The van der Waals surface area contributed by atoms with Crippen LogP contribution in [-0.4, -0.2) is 22.5 Å². The zero-order valence-electron chi connectivity index (χ0n) is 11.8. The third-order valence-electron chi connectivity index (χ3n) is 3.02. The van der Waals surface area contributed by atoms with Crippen molar-refractivity contribution in [3.63, 3.8) is 0 Å². The first-order chi connectivity index (χ1) is 11.1. The van der Waals surface area contributed by atoms with E-state index in [0.29, 0.717) is 26.6 Å². The SMILES string of the molecule is O=C(COc1ncnc2c(Cl)cc(Cl)cc12)Nc1ccccc1. The van der Waals surface area contributed by atoms with Crippen LogP contribution in [0.2, 0.25) is 10.0 Å². The number of amides is 1. The Hall–Kier alpha value is -2.37. The molecule has 0 aliphatic heterocycles. The highest BCUT2D eigenvalue weighted by atomic mass is 35.5. The van der Waals surface area contributed by atoms with Gasteiger partial charge in [0, 0.05) is 10.7 Å². The van der Waals surface area contributed by atoms with Gasteiger partial charge in [-0.15, -0.1) is 0 Å². The van der Waals surface area contributed by atoms with Gasteiger partial charge in [-0.2, -0.15) is 0 Å². The average Bonchev–Trinajstić information content (AvgIpc) is 2.54. The lowest BCUT2D eigenvalue weighted by Crippen LogP contribution is -2.20. The summed E-state index contributed by atoms with van der Waals surface area (Å²) in [6, 6.07) is 12.3. The van der Waals surface area contributed by atoms with Gasteiger partial charge in [-0.1, -0.05) is 41.4 Å². The monoisotopic (exact) mass is 347 g/mol. The second kappa shape index (κ2) is 6.81. The van der Waals surface area contributed by atoms with Crippen molar-refractivity contribution < 1.29 is 9.53 Å². The van der Waals surface area contributed by atoms with E-state index < -0.39 is 0 Å². The highest BCUT2D eigenvalue weighted by Crippen LogP contribution is 2.30. The van der Waals surface area contributed by atoms with Crippen LogP contribution in [0.3, 0.4) is 0 Å². The van der Waals surface area contributed by atoms with Gasteiger partial charge >= 0.3 is 0 Å². The Morgan fingerprint density at radius 3 is 2.70 bits per heavy atom. The number of halogens is 2. The zero-order chi connectivity index (χ0) is 16.2. The number of carbonyl (C=O) groups is 1. The van der Waals surface area contributed by atoms with E-state index in [9.17, 15) is 4.79 Å². The van der Waals surface area contributed by atoms with Gasteiger partial charge in [0.1, 0.15) is 6.33 Å². The minimum Gasteiger partial charge on any atom is -0.467 e. The van der Waals surface area contributed by atoms with Crippen LogP contribution in [0.4, 0.5) is 5.69 Å². The topological polar surface area (TPSA) is 64.1 Å². The van der Waals surface area contributed by atoms with Crippen molar-refractivity contribution in [2.75, 3.05) is 11.9 Å². The first-order valence-electron chi connectivity index (χ1n) is 6.71. The van der Waals surface area contributed by atoms with Gasteiger partial charge in [-0.05, 0) is 24.3 Å². The van der Waals surface area contributed by atoms with Crippen molar-refractivity contribution in [3.05, 3.63) is 58.8 Å². The number of hydrogen-bond donors (Lipinski definition) is 1. The van der Waals surface area contributed by atoms with Crippen LogP contribution in [0.15, 0.2) is 48.8 Å². The number of hydrogen-bond acceptors (Lipinski definition) is 4. The van der Waals surface area contributed by atoms with Crippen molar-refractivity contribution in [2.24, 2.45) is 0 Å². The zero-order valence-corrected chi connectivity index (χ0v) is 13.3. The summed E-state index contributed by atoms with van der Waals surface area (Å²) in [6.07, 6.45) is 1.33. The first kappa shape index (κ1) is 15.5. The van der Waals surface area contributed by atoms with Gasteiger partial charge in [0.2, 0.25) is 5.88 Å². The van der Waals surface area contributed by atoms with Gasteiger partial charge in [0.05, 0.1) is 15.9 Å². The highest BCUT2D eigenvalue weighted by Gasteiger charge is 2.11. The fraction of sp³-hybridized carbons (Fsp3) is 0.0625. The fourth-order valence-electron chi connectivity index (χ4n) is 2.04. The maximum absolute atomic E-state index is 11.9. The lowest BCUT2D eigenvalue weighted by molar-refractivity contribution is -0.118. The molecule has 0 spiro atoms. The molecular weight excluding hydrogens is 337 g/mol. The van der Waals surface area contributed by atoms with Crippen molar-refractivity contribution >= 4 is 45.7 Å². The Morgan fingerprint density at radius 1 is 1.13 bits per heavy atom. The Labute approximate surface area is 142 Å². The summed E-state index contributed by atoms with van der Waals surface area (Å²) in [5.74, 6) is -0.0429. The maximum atomic E-state index is 11.9. The van der Waals surface area contributed by atoms with Crippen molar-refractivity contribution in [1.29, 1.82) is 0 Å². The Bertz CT molecular complexity index is 857. The Balaban J connectivity index is 1.76. The first-order valence-corrected chi connectivity index (χ1v) is 7.46. The summed E-state index contributed by atoms with van der Waals surface area (Å²) < 4.78 is 5.48. The summed E-state index contributed by atoms with van der Waals surface area (Å²) in [5, 5.41) is 4.11. The quantitative estimate of drug-likeness (QED) is 0.775. The van der Waals surface area contributed by atoms with E-state index in [4.69, 9.17) is 27.9 Å². The van der Waals surface area contributed by atoms with Crippen molar-refractivity contribution in [2.45, 2.75) is 0 Å². The van der Waals surface area contributed by atoms with E-state index in [-0.39, 0.29) is 18.4 Å². The molecule has 1 amide bonds. The normalized spacial score (nSPS) is 10.5. The Morgan fingerprint density at radius 2 is 1.91 bits per heavy atom. The van der Waals surface area contributed by atoms with E-state index >= 15 is 0 Å². The minimum atomic E-state index is -0.295. The summed E-state index contributed by atoms with van der Waals surface area (Å²) in [4.78, 5) is 20.1. The van der Waals surface area contributed by atoms with Gasteiger partial charge < -0.3 is 10.1 Å². The number of anilines is 1. The molecule has 3 aromatic rings. The van der Waals surface area contributed by atoms with Gasteiger partial charge in [-0.25, -0.2) is 9.97 Å². The third-order valence-corrected chi connectivity index (χ3v) is 3.52. The number of aromatic nitrogens is 2. The molecule has 0 saturated carbocycles. The number of fused-ring (bicyclic) bond motifs is 1. The molecule has 0 radical (unpaired) electrons. The molecule has 1 aromatic heterocycles. The molecule has 0 aliphatic rings. The molecule has 0 aliphatic carbocycles. The number of carbonyl (C=O) groups excluding carboxylic acids is 1. The fourth-order valence-corrected chi connectivity index (χ4v) is 2.58. The lowest BCUT2D eigenvalue weighted by atomic mass is 10.2. The predicted molar refractivity (Wildman–Crippen MR) is 90.1 cm³/mol. The lowest BCUT2D eigenvalue weighted by Gasteiger charge is -2.09. The molecule has 0 saturated heterocycles. The third kappa shape index (κ3) is 3.70. The van der Waals surface area contributed by atoms with Crippen LogP contribution >= 0.6 is 23.2 Å². The summed E-state index contributed by atoms with van der Waals surface area (Å²) in [7, 11) is 0. The van der Waals surface area contributed by atoms with E-state index in [0.717, 1.165) is 0 Å². The van der Waals surface area contributed by atoms with Crippen molar-refractivity contribution in [3.8, 4) is 5.88 Å². The number of benzene rings is 2. The summed E-state index contributed by atoms with van der Waals surface area (Å²) in [6.45, 7) is -0.189. The molecular formula is C16H11Cl2N3O2. The largest absolute Gasteiger partial charge is 0.467 e. The number of rotatable bonds is 4. The second-order valence-electron chi connectivity index (χ2n) is 4.67. The number of ether oxygens (including phenoxy) is 1. The van der Waals surface area contributed by atoms with Crippen LogP contribution < -0.4 is 10.1 Å². The van der Waals surface area contributed by atoms with E-state index in [1.54, 1.807) is 24.3 Å². The number of nitrogens with zero attached hydrogens (tertiary/aromatic N) is 2. The molecule has 0 bridgehead atoms. The number of para-hydroxylation sites is 1. The second-order valence-corrected chi connectivity index (χ2v) is 5.51. The molecule has 1 heterocycles. The molecule has 2 aromatic carbocycles. The van der Waals surface area contributed by atoms with E-state index in [2.05, 4.69) is 15.3 Å². The summed E-state index contributed by atoms with van der Waals surface area (Å²) in [5.41, 5.74) is 1.21. The molecule has 23 heavy (non-hydrogen) atoms. The van der Waals surface area contributed by atoms with Gasteiger partial charge in [0.25, 0.3) is 5.91 Å². The summed E-state index contributed by atoms with van der Waals surface area (Å²) >= 11 is 12.1. The molecule has 0 fully saturated rings. The molecule has 0 atom stereocenters. The average molecular weight is 348 g/mol. The standard InChI is InChI=1S/C16H11Cl2N3O2/c17-10-6-12-15(13(18)7-10)19-9-20-16(12)23-8-14(22)21-11-4-2-1-3-5-11/h1-7,9H,8H2,(H,21,22). The molecule has 1 N–H and O–H groups in total. The molecule has 116 valence electrons. The van der Waals surface area contributed by atoms with E-state index in [1.807, 2.05) is 18.2 Å². The van der Waals surface area contributed by atoms with Gasteiger partial charge in [-0.3, -0.25) is 4.79 Å². The van der Waals surface area contributed by atoms with Crippen LogP contribution in [0.25, 0.3) is 10.9 Å². The van der Waals surface area contributed by atoms with Crippen molar-refractivity contribution in [1.82, 2.24) is 9.97 Å². The van der Waals surface area contributed by atoms with Gasteiger partial charge in [0.15, 0.2) is 6.61 Å². The number of nitrogens with one attached hydrogen (secondary N) is 1. The Kier molecular flexibility index (Phi) is 4.60. The maximum Gasteiger partial charge on any atom is 0.262 e. The molecule has 5 nitrogen and oxygen atoms in total.